The summed E-state index contributed by atoms with van der Waals surface area (Å²) in [6.45, 7) is 4.06. The van der Waals surface area contributed by atoms with E-state index in [4.69, 9.17) is 35.0 Å². The number of thioether (sulfide) groups is 1. The van der Waals surface area contributed by atoms with E-state index in [0.717, 1.165) is 29.2 Å². The molecular formula is C15H22Cl2NOPS2. The summed E-state index contributed by atoms with van der Waals surface area (Å²) in [5.41, 5.74) is 1.07. The number of hydrogen-bond acceptors (Lipinski definition) is 2. The molecule has 7 heteroatoms. The van der Waals surface area contributed by atoms with Crippen molar-refractivity contribution in [3.05, 3.63) is 33.8 Å². The summed E-state index contributed by atoms with van der Waals surface area (Å²) in [4.78, 5) is 10.2. The lowest BCUT2D eigenvalue weighted by molar-refractivity contribution is 0.611. The first-order valence-electron chi connectivity index (χ1n) is 7.29. The molecule has 0 radical (unpaired) electrons. The molecule has 1 atom stereocenters. The van der Waals surface area contributed by atoms with Crippen molar-refractivity contribution in [1.29, 1.82) is 0 Å². The van der Waals surface area contributed by atoms with Crippen LogP contribution in [0.3, 0.4) is 0 Å². The minimum atomic E-state index is -2.57. The molecule has 1 aromatic rings. The average molecular weight is 398 g/mol. The van der Waals surface area contributed by atoms with E-state index in [1.807, 2.05) is 19.1 Å². The molecule has 1 aromatic carbocycles. The third-order valence-corrected chi connectivity index (χ3v) is 7.20. The smallest absolute Gasteiger partial charge is 0.172 e. The second-order valence-corrected chi connectivity index (χ2v) is 10.8. The van der Waals surface area contributed by atoms with Crippen molar-refractivity contribution in [2.75, 3.05) is 6.16 Å². The molecular weight excluding hydrogens is 376 g/mol. The van der Waals surface area contributed by atoms with Crippen LogP contribution in [-0.4, -0.2) is 16.1 Å². The fourth-order valence-electron chi connectivity index (χ4n) is 1.86. The number of nitrogens with zero attached hydrogens (tertiary/aromatic N) is 1. The standard InChI is InChI=1S/C15H22Cl2NOPS2/c1-3-4-5-6-9-20(19,21)18-12(2)22-11-13-7-8-14(16)15(17)10-13/h7-8,10H,3-6,9,11H2,1-2H3,(H,19,21). The summed E-state index contributed by atoms with van der Waals surface area (Å²) in [6, 6.07) is 5.58. The lowest BCUT2D eigenvalue weighted by Gasteiger charge is -2.11. The highest BCUT2D eigenvalue weighted by molar-refractivity contribution is 8.15. The van der Waals surface area contributed by atoms with Crippen LogP contribution >= 0.6 is 41.4 Å². The van der Waals surface area contributed by atoms with Crippen LogP contribution in [0.4, 0.5) is 0 Å². The van der Waals surface area contributed by atoms with Crippen LogP contribution in [-0.2, 0) is 17.6 Å². The number of unbranched alkanes of at least 4 members (excludes halogenated alkanes) is 3. The van der Waals surface area contributed by atoms with Gasteiger partial charge in [-0.15, -0.1) is 11.8 Å². The van der Waals surface area contributed by atoms with Gasteiger partial charge in [0.2, 0.25) is 0 Å². The zero-order chi connectivity index (χ0) is 16.6. The van der Waals surface area contributed by atoms with Gasteiger partial charge in [0.25, 0.3) is 0 Å². The second kappa shape index (κ2) is 10.3. The fourth-order valence-corrected chi connectivity index (χ4v) is 5.46. The van der Waals surface area contributed by atoms with Crippen LogP contribution in [0, 0.1) is 0 Å². The summed E-state index contributed by atoms with van der Waals surface area (Å²) in [6.07, 6.45) is 2.48. The summed E-state index contributed by atoms with van der Waals surface area (Å²) < 4.78 is 4.36. The average Bonchev–Trinajstić information content (AvgIpc) is 2.44. The fraction of sp³-hybridized carbons (Fsp3) is 0.533. The Morgan fingerprint density at radius 3 is 2.64 bits per heavy atom. The molecule has 2 nitrogen and oxygen atoms in total. The first-order chi connectivity index (χ1) is 10.3. The van der Waals surface area contributed by atoms with Gasteiger partial charge in [-0.25, -0.2) is 4.76 Å². The second-order valence-electron chi connectivity index (χ2n) is 5.11. The van der Waals surface area contributed by atoms with Gasteiger partial charge in [-0.1, -0.05) is 55.5 Å². The van der Waals surface area contributed by atoms with Crippen molar-refractivity contribution < 1.29 is 4.89 Å². The molecule has 0 aliphatic rings. The van der Waals surface area contributed by atoms with E-state index in [1.54, 1.807) is 17.8 Å². The van der Waals surface area contributed by atoms with Crippen molar-refractivity contribution in [1.82, 2.24) is 0 Å². The SMILES string of the molecule is CCCCCCP(O)(=S)N=C(C)SCc1ccc(Cl)c(Cl)c1. The highest BCUT2D eigenvalue weighted by Crippen LogP contribution is 2.45. The Morgan fingerprint density at radius 1 is 1.27 bits per heavy atom. The van der Waals surface area contributed by atoms with Gasteiger partial charge in [-0.05, 0) is 42.8 Å². The molecule has 124 valence electrons. The Kier molecular flexibility index (Phi) is 9.61. The molecule has 1 rings (SSSR count). The molecule has 0 aromatic heterocycles. The van der Waals surface area contributed by atoms with Gasteiger partial charge in [0.15, 0.2) is 6.42 Å². The van der Waals surface area contributed by atoms with Crippen LogP contribution in [0.5, 0.6) is 0 Å². The quantitative estimate of drug-likeness (QED) is 0.234. The van der Waals surface area contributed by atoms with Crippen molar-refractivity contribution in [3.8, 4) is 0 Å². The van der Waals surface area contributed by atoms with Crippen molar-refractivity contribution in [3.63, 3.8) is 0 Å². The Hall–Kier alpha value is 0.430. The topological polar surface area (TPSA) is 32.6 Å². The van der Waals surface area contributed by atoms with E-state index in [9.17, 15) is 4.89 Å². The van der Waals surface area contributed by atoms with Gasteiger partial charge in [0, 0.05) is 11.9 Å². The molecule has 22 heavy (non-hydrogen) atoms. The molecule has 0 aliphatic carbocycles. The maximum Gasteiger partial charge on any atom is 0.172 e. The van der Waals surface area contributed by atoms with Gasteiger partial charge in [0.05, 0.1) is 15.1 Å². The number of rotatable bonds is 8. The third kappa shape index (κ3) is 8.33. The van der Waals surface area contributed by atoms with Crippen LogP contribution < -0.4 is 0 Å². The maximum absolute atomic E-state index is 10.2. The molecule has 0 heterocycles. The molecule has 0 saturated carbocycles. The Labute approximate surface area is 152 Å². The lowest BCUT2D eigenvalue weighted by atomic mass is 10.2. The molecule has 1 unspecified atom stereocenters. The first-order valence-corrected chi connectivity index (χ1v) is 11.9. The lowest BCUT2D eigenvalue weighted by Crippen LogP contribution is -1.92. The predicted octanol–water partition coefficient (Wildman–Crippen LogP) is 6.53. The highest BCUT2D eigenvalue weighted by Gasteiger charge is 2.11. The van der Waals surface area contributed by atoms with E-state index in [-0.39, 0.29) is 0 Å². The molecule has 0 aliphatic heterocycles. The van der Waals surface area contributed by atoms with Gasteiger partial charge >= 0.3 is 0 Å². The van der Waals surface area contributed by atoms with Crippen LogP contribution in [0.25, 0.3) is 0 Å². The number of halogens is 2. The molecule has 0 amide bonds. The Morgan fingerprint density at radius 2 is 2.00 bits per heavy atom. The van der Waals surface area contributed by atoms with Crippen molar-refractivity contribution >= 4 is 58.2 Å². The largest absolute Gasteiger partial charge is 0.349 e. The molecule has 0 bridgehead atoms. The molecule has 0 spiro atoms. The predicted molar refractivity (Wildman–Crippen MR) is 106 cm³/mol. The van der Waals surface area contributed by atoms with E-state index in [2.05, 4.69) is 11.7 Å². The zero-order valence-electron chi connectivity index (χ0n) is 12.9. The zero-order valence-corrected chi connectivity index (χ0v) is 16.9. The van der Waals surface area contributed by atoms with Gasteiger partial charge in [-0.2, -0.15) is 0 Å². The van der Waals surface area contributed by atoms with E-state index >= 15 is 0 Å². The van der Waals surface area contributed by atoms with Gasteiger partial charge < -0.3 is 4.89 Å². The van der Waals surface area contributed by atoms with Gasteiger partial charge in [0.1, 0.15) is 0 Å². The van der Waals surface area contributed by atoms with Crippen LogP contribution in [0.2, 0.25) is 10.0 Å². The first kappa shape index (κ1) is 20.5. The van der Waals surface area contributed by atoms with Gasteiger partial charge in [-0.3, -0.25) is 0 Å². The van der Waals surface area contributed by atoms with E-state index < -0.39 is 6.42 Å². The van der Waals surface area contributed by atoms with Crippen LogP contribution in [0.1, 0.15) is 45.1 Å². The minimum Gasteiger partial charge on any atom is -0.349 e. The maximum atomic E-state index is 10.2. The Bertz CT molecular complexity index is 566. The summed E-state index contributed by atoms with van der Waals surface area (Å²) in [5.74, 6) is 0.734. The van der Waals surface area contributed by atoms with E-state index in [0.29, 0.717) is 16.2 Å². The molecule has 0 saturated heterocycles. The molecule has 1 N–H and O–H groups in total. The Balaban J connectivity index is 2.50. The normalized spacial score (nSPS) is 14.9. The van der Waals surface area contributed by atoms with Crippen molar-refractivity contribution in [2.45, 2.75) is 45.3 Å². The summed E-state index contributed by atoms with van der Waals surface area (Å²) in [7, 11) is 0. The third-order valence-electron chi connectivity index (χ3n) is 3.03. The van der Waals surface area contributed by atoms with Crippen molar-refractivity contribution in [2.24, 2.45) is 4.76 Å². The van der Waals surface area contributed by atoms with E-state index in [1.165, 1.54) is 12.8 Å². The number of hydrogen-bond donors (Lipinski definition) is 1. The molecule has 0 fully saturated rings. The highest BCUT2D eigenvalue weighted by atomic mass is 35.5. The number of benzene rings is 1. The van der Waals surface area contributed by atoms with Crippen LogP contribution in [0.15, 0.2) is 23.0 Å². The summed E-state index contributed by atoms with van der Waals surface area (Å²) in [5, 5.41) is 1.93. The minimum absolute atomic E-state index is 0.553. The summed E-state index contributed by atoms with van der Waals surface area (Å²) >= 11 is 18.7. The monoisotopic (exact) mass is 397 g/mol.